The van der Waals surface area contributed by atoms with Gasteiger partial charge in [-0.3, -0.25) is 24.5 Å². The maximum atomic E-state index is 14.7. The minimum atomic E-state index is -0.721. The van der Waals surface area contributed by atoms with Gasteiger partial charge in [0.25, 0.3) is 11.8 Å². The first-order chi connectivity index (χ1) is 15.4. The average molecular weight is 437 g/mol. The van der Waals surface area contributed by atoms with Crippen LogP contribution in [0.25, 0.3) is 0 Å². The zero-order valence-corrected chi connectivity index (χ0v) is 17.3. The quantitative estimate of drug-likeness (QED) is 0.739. The Morgan fingerprint density at radius 1 is 1.12 bits per heavy atom. The highest BCUT2D eigenvalue weighted by molar-refractivity contribution is 6.09. The molecular weight excluding hydrogens is 417 g/mol. The van der Waals surface area contributed by atoms with E-state index < -0.39 is 17.8 Å². The van der Waals surface area contributed by atoms with Crippen LogP contribution in [0, 0.1) is 5.82 Å². The first-order valence-corrected chi connectivity index (χ1v) is 10.3. The highest BCUT2D eigenvalue weighted by Gasteiger charge is 2.39. The summed E-state index contributed by atoms with van der Waals surface area (Å²) in [4.78, 5) is 52.5. The first-order valence-electron chi connectivity index (χ1n) is 10.3. The highest BCUT2D eigenvalue weighted by atomic mass is 19.1. The summed E-state index contributed by atoms with van der Waals surface area (Å²) in [7, 11) is 1.46. The van der Waals surface area contributed by atoms with Gasteiger partial charge < -0.3 is 14.5 Å². The summed E-state index contributed by atoms with van der Waals surface area (Å²) < 4.78 is 19.8. The van der Waals surface area contributed by atoms with E-state index in [0.29, 0.717) is 41.0 Å². The van der Waals surface area contributed by atoms with E-state index in [0.717, 1.165) is 0 Å². The second-order valence-corrected chi connectivity index (χ2v) is 8.10. The van der Waals surface area contributed by atoms with Crippen LogP contribution in [0.15, 0.2) is 30.3 Å². The molecule has 0 spiro atoms. The van der Waals surface area contributed by atoms with Gasteiger partial charge in [-0.2, -0.15) is 0 Å². The third kappa shape index (κ3) is 3.12. The van der Waals surface area contributed by atoms with E-state index in [4.69, 9.17) is 4.74 Å². The Balaban J connectivity index is 1.40. The maximum Gasteiger partial charge on any atom is 0.258 e. The molecule has 1 unspecified atom stereocenters. The van der Waals surface area contributed by atoms with Crippen molar-refractivity contribution >= 4 is 29.3 Å². The number of carbonyl (C=O) groups is 4. The fourth-order valence-electron chi connectivity index (χ4n) is 4.65. The summed E-state index contributed by atoms with van der Waals surface area (Å²) in [6.07, 6.45) is 0.955. The molecule has 1 N–H and O–H groups in total. The summed E-state index contributed by atoms with van der Waals surface area (Å²) in [6.45, 7) is 0.514. The molecule has 1 saturated heterocycles. The number of halogens is 1. The van der Waals surface area contributed by atoms with Crippen LogP contribution in [0.2, 0.25) is 0 Å². The van der Waals surface area contributed by atoms with Gasteiger partial charge in [-0.25, -0.2) is 4.39 Å². The van der Waals surface area contributed by atoms with Gasteiger partial charge in [0.05, 0.1) is 12.8 Å². The van der Waals surface area contributed by atoms with Crippen LogP contribution >= 0.6 is 0 Å². The molecule has 0 aromatic heterocycles. The van der Waals surface area contributed by atoms with Gasteiger partial charge in [0.15, 0.2) is 5.82 Å². The predicted octanol–water partition coefficient (Wildman–Crippen LogP) is 1.80. The fraction of sp³-hybridized carbons (Fsp3) is 0.304. The SMILES string of the molecule is COc1cc(F)c2c(c1)CCN2C(=O)c1ccc2c(c1)CN(C1CCC(=O)NC1=O)C2=O. The van der Waals surface area contributed by atoms with Crippen LogP contribution in [0.1, 0.15) is 44.7 Å². The third-order valence-corrected chi connectivity index (χ3v) is 6.24. The lowest BCUT2D eigenvalue weighted by molar-refractivity contribution is -0.136. The number of nitrogens with zero attached hydrogens (tertiary/aromatic N) is 2. The normalized spacial score (nSPS) is 19.7. The fourth-order valence-corrected chi connectivity index (χ4v) is 4.65. The van der Waals surface area contributed by atoms with E-state index >= 15 is 0 Å². The standard InChI is InChI=1S/C23H20FN3O5/c1-32-15-9-12-6-7-26(20(12)17(24)10-15)22(30)13-2-3-16-14(8-13)11-27(23(16)31)18-4-5-19(28)25-21(18)29/h2-3,8-10,18H,4-7,11H2,1H3,(H,25,28,29). The Labute approximate surface area is 182 Å². The number of ether oxygens (including phenoxy) is 1. The van der Waals surface area contributed by atoms with E-state index in [1.165, 1.54) is 23.0 Å². The van der Waals surface area contributed by atoms with Crippen molar-refractivity contribution in [2.75, 3.05) is 18.6 Å². The third-order valence-electron chi connectivity index (χ3n) is 6.24. The molecule has 3 aliphatic rings. The second kappa shape index (κ2) is 7.44. The van der Waals surface area contributed by atoms with E-state index in [2.05, 4.69) is 5.32 Å². The molecule has 164 valence electrons. The van der Waals surface area contributed by atoms with Crippen molar-refractivity contribution in [1.29, 1.82) is 0 Å². The van der Waals surface area contributed by atoms with Gasteiger partial charge >= 0.3 is 0 Å². The number of anilines is 1. The minimum absolute atomic E-state index is 0.170. The van der Waals surface area contributed by atoms with Crippen molar-refractivity contribution in [2.45, 2.75) is 31.8 Å². The highest BCUT2D eigenvalue weighted by Crippen LogP contribution is 2.36. The monoisotopic (exact) mass is 437 g/mol. The van der Waals surface area contributed by atoms with Crippen molar-refractivity contribution in [1.82, 2.24) is 10.2 Å². The van der Waals surface area contributed by atoms with Crippen LogP contribution in [0.4, 0.5) is 10.1 Å². The van der Waals surface area contributed by atoms with Gasteiger partial charge in [-0.05, 0) is 48.2 Å². The summed E-state index contributed by atoms with van der Waals surface area (Å²) in [5, 5.41) is 2.27. The molecule has 9 heteroatoms. The minimum Gasteiger partial charge on any atom is -0.497 e. The first kappa shape index (κ1) is 20.2. The summed E-state index contributed by atoms with van der Waals surface area (Å²) in [5.74, 6) is -1.62. The Bertz CT molecular complexity index is 1190. The molecule has 2 aromatic carbocycles. The molecule has 0 bridgehead atoms. The maximum absolute atomic E-state index is 14.7. The number of rotatable bonds is 3. The van der Waals surface area contributed by atoms with Crippen molar-refractivity contribution in [3.05, 3.63) is 58.4 Å². The van der Waals surface area contributed by atoms with Crippen LogP contribution < -0.4 is 15.0 Å². The number of carbonyl (C=O) groups excluding carboxylic acids is 4. The molecule has 1 fully saturated rings. The van der Waals surface area contributed by atoms with Gasteiger partial charge in [0.1, 0.15) is 11.8 Å². The van der Waals surface area contributed by atoms with Crippen LogP contribution in [-0.4, -0.2) is 48.2 Å². The zero-order chi connectivity index (χ0) is 22.6. The van der Waals surface area contributed by atoms with Crippen LogP contribution in [0.3, 0.4) is 0 Å². The number of hydrogen-bond donors (Lipinski definition) is 1. The Morgan fingerprint density at radius 2 is 1.94 bits per heavy atom. The predicted molar refractivity (Wildman–Crippen MR) is 111 cm³/mol. The van der Waals surface area contributed by atoms with Crippen LogP contribution in [0.5, 0.6) is 5.75 Å². The van der Waals surface area contributed by atoms with Crippen molar-refractivity contribution in [3.63, 3.8) is 0 Å². The zero-order valence-electron chi connectivity index (χ0n) is 17.3. The molecule has 0 saturated carbocycles. The van der Waals surface area contributed by atoms with Gasteiger partial charge in [0, 0.05) is 36.7 Å². The number of amides is 4. The lowest BCUT2D eigenvalue weighted by Crippen LogP contribution is -2.52. The van der Waals surface area contributed by atoms with Gasteiger partial charge in [0.2, 0.25) is 11.8 Å². The van der Waals surface area contributed by atoms with Crippen LogP contribution in [-0.2, 0) is 22.6 Å². The molecule has 4 amide bonds. The molecule has 2 aromatic rings. The summed E-state index contributed by atoms with van der Waals surface area (Å²) in [6, 6.07) is 7.00. The lowest BCUT2D eigenvalue weighted by Gasteiger charge is -2.29. The van der Waals surface area contributed by atoms with Gasteiger partial charge in [-0.15, -0.1) is 0 Å². The molecule has 0 radical (unpaired) electrons. The molecular formula is C23H20FN3O5. The van der Waals surface area contributed by atoms with Crippen molar-refractivity contribution in [2.24, 2.45) is 0 Å². The molecule has 32 heavy (non-hydrogen) atoms. The number of benzene rings is 2. The second-order valence-electron chi connectivity index (χ2n) is 8.10. The number of nitrogens with one attached hydrogen (secondary N) is 1. The Hall–Kier alpha value is -3.75. The number of methoxy groups -OCH3 is 1. The van der Waals surface area contributed by atoms with Crippen molar-refractivity contribution < 1.29 is 28.3 Å². The average Bonchev–Trinajstić information content (AvgIpc) is 3.34. The molecule has 1 atom stereocenters. The summed E-state index contributed by atoms with van der Waals surface area (Å²) in [5.41, 5.74) is 2.34. The number of hydrogen-bond acceptors (Lipinski definition) is 5. The molecule has 0 aliphatic carbocycles. The Morgan fingerprint density at radius 3 is 2.69 bits per heavy atom. The lowest BCUT2D eigenvalue weighted by atomic mass is 10.0. The molecule has 8 nitrogen and oxygen atoms in total. The number of fused-ring (bicyclic) bond motifs is 2. The summed E-state index contributed by atoms with van der Waals surface area (Å²) >= 11 is 0. The topological polar surface area (TPSA) is 96.0 Å². The number of piperidine rings is 1. The molecule has 3 aliphatic heterocycles. The van der Waals surface area contributed by atoms with Gasteiger partial charge in [-0.1, -0.05) is 0 Å². The van der Waals surface area contributed by atoms with E-state index in [-0.39, 0.29) is 42.8 Å². The van der Waals surface area contributed by atoms with E-state index in [9.17, 15) is 23.6 Å². The van der Waals surface area contributed by atoms with E-state index in [1.807, 2.05) is 0 Å². The smallest absolute Gasteiger partial charge is 0.258 e. The molecule has 3 heterocycles. The van der Waals surface area contributed by atoms with E-state index in [1.54, 1.807) is 24.3 Å². The van der Waals surface area contributed by atoms with Crippen molar-refractivity contribution in [3.8, 4) is 5.75 Å². The Kier molecular flexibility index (Phi) is 4.69. The largest absolute Gasteiger partial charge is 0.497 e. The molecule has 5 rings (SSSR count). The number of imide groups is 1.